The number of nitrogens with zero attached hydrogens (tertiary/aromatic N) is 1. The van der Waals surface area contributed by atoms with Gasteiger partial charge in [0.1, 0.15) is 11.3 Å². The highest BCUT2D eigenvalue weighted by Gasteiger charge is 2.42. The molecule has 3 aromatic carbocycles. The van der Waals surface area contributed by atoms with Gasteiger partial charge >= 0.3 is 0 Å². The first kappa shape index (κ1) is 23.6. The number of unbranched alkanes of at least 4 members (excludes halogenated alkanes) is 1. The molecule has 1 atom stereocenters. The van der Waals surface area contributed by atoms with E-state index in [-0.39, 0.29) is 23.6 Å². The zero-order valence-electron chi connectivity index (χ0n) is 19.1. The van der Waals surface area contributed by atoms with Crippen LogP contribution in [0.25, 0.3) is 11.0 Å². The van der Waals surface area contributed by atoms with Crippen molar-refractivity contribution in [2.45, 2.75) is 32.4 Å². The summed E-state index contributed by atoms with van der Waals surface area (Å²) < 4.78 is 12.6. The molecule has 0 saturated heterocycles. The fourth-order valence-corrected chi connectivity index (χ4v) is 4.95. The molecule has 1 aromatic heterocycles. The number of benzene rings is 3. The van der Waals surface area contributed by atoms with Crippen molar-refractivity contribution in [1.82, 2.24) is 4.90 Å². The van der Waals surface area contributed by atoms with E-state index >= 15 is 0 Å². The summed E-state index contributed by atoms with van der Waals surface area (Å²) in [6, 6.07) is 19.5. The van der Waals surface area contributed by atoms with Crippen LogP contribution in [0.1, 0.15) is 53.1 Å². The molecule has 1 amide bonds. The summed E-state index contributed by atoms with van der Waals surface area (Å²) in [6.45, 7) is 2.99. The minimum absolute atomic E-state index is 0.0742. The molecule has 178 valence electrons. The average Bonchev–Trinajstić information content (AvgIpc) is 3.13. The van der Waals surface area contributed by atoms with Crippen molar-refractivity contribution in [2.75, 3.05) is 6.61 Å². The molecule has 0 bridgehead atoms. The molecule has 0 fully saturated rings. The van der Waals surface area contributed by atoms with Crippen molar-refractivity contribution in [3.05, 3.63) is 109 Å². The fourth-order valence-electron chi connectivity index (χ4n) is 4.39. The first-order chi connectivity index (χ1) is 17.0. The van der Waals surface area contributed by atoms with Gasteiger partial charge in [0, 0.05) is 16.0 Å². The molecule has 7 heteroatoms. The number of hydrogen-bond acceptors (Lipinski definition) is 4. The SMILES string of the molecule is CCCCOc1ccc(C2c3c(oc4ccc(Br)cc4c3=O)C(=O)N2Cc2ccccc2Cl)cc1. The average molecular weight is 553 g/mol. The van der Waals surface area contributed by atoms with Crippen molar-refractivity contribution in [2.24, 2.45) is 0 Å². The Kier molecular flexibility index (Phi) is 6.67. The predicted octanol–water partition coefficient (Wildman–Crippen LogP) is 7.13. The van der Waals surface area contributed by atoms with Crippen molar-refractivity contribution in [3.8, 4) is 5.75 Å². The van der Waals surface area contributed by atoms with Crippen LogP contribution in [0, 0.1) is 0 Å². The minimum atomic E-state index is -0.613. The molecule has 4 aromatic rings. The first-order valence-electron chi connectivity index (χ1n) is 11.5. The molecule has 0 N–H and O–H groups in total. The molecule has 0 saturated carbocycles. The number of hydrogen-bond donors (Lipinski definition) is 0. The van der Waals surface area contributed by atoms with Crippen LogP contribution in [0.15, 0.2) is 80.4 Å². The number of fused-ring (bicyclic) bond motifs is 2. The Morgan fingerprint density at radius 1 is 1.06 bits per heavy atom. The molecule has 35 heavy (non-hydrogen) atoms. The number of rotatable bonds is 7. The van der Waals surface area contributed by atoms with Crippen LogP contribution in [0.2, 0.25) is 5.02 Å². The van der Waals surface area contributed by atoms with Crippen molar-refractivity contribution < 1.29 is 13.9 Å². The first-order valence-corrected chi connectivity index (χ1v) is 12.7. The van der Waals surface area contributed by atoms with Crippen LogP contribution in [0.4, 0.5) is 0 Å². The maximum Gasteiger partial charge on any atom is 0.291 e. The van der Waals surface area contributed by atoms with Gasteiger partial charge < -0.3 is 14.1 Å². The molecular formula is C28H23BrClNO4. The maximum atomic E-state index is 13.7. The quantitative estimate of drug-likeness (QED) is 0.229. The van der Waals surface area contributed by atoms with E-state index in [0.717, 1.165) is 34.2 Å². The lowest BCUT2D eigenvalue weighted by Crippen LogP contribution is -2.29. The molecule has 2 heterocycles. The summed E-state index contributed by atoms with van der Waals surface area (Å²) in [5.41, 5.74) is 2.09. The molecule has 0 aliphatic carbocycles. The van der Waals surface area contributed by atoms with Crippen LogP contribution in [-0.4, -0.2) is 17.4 Å². The zero-order chi connectivity index (χ0) is 24.5. The van der Waals surface area contributed by atoms with Gasteiger partial charge in [-0.05, 0) is 53.9 Å². The predicted molar refractivity (Wildman–Crippen MR) is 140 cm³/mol. The Morgan fingerprint density at radius 3 is 2.57 bits per heavy atom. The third kappa shape index (κ3) is 4.48. The van der Waals surface area contributed by atoms with Gasteiger partial charge in [-0.15, -0.1) is 0 Å². The van der Waals surface area contributed by atoms with Gasteiger partial charge in [-0.25, -0.2) is 0 Å². The molecule has 0 spiro atoms. The molecule has 1 aliphatic heterocycles. The van der Waals surface area contributed by atoms with E-state index in [9.17, 15) is 9.59 Å². The highest BCUT2D eigenvalue weighted by atomic mass is 79.9. The lowest BCUT2D eigenvalue weighted by Gasteiger charge is -2.25. The van der Waals surface area contributed by atoms with E-state index in [4.69, 9.17) is 20.8 Å². The minimum Gasteiger partial charge on any atom is -0.494 e. The second-order valence-electron chi connectivity index (χ2n) is 8.51. The molecular weight excluding hydrogens is 530 g/mol. The van der Waals surface area contributed by atoms with Gasteiger partial charge in [0.25, 0.3) is 5.91 Å². The summed E-state index contributed by atoms with van der Waals surface area (Å²) in [5, 5.41) is 0.984. The molecule has 5 rings (SSSR count). The maximum absolute atomic E-state index is 13.7. The lowest BCUT2D eigenvalue weighted by molar-refractivity contribution is 0.0714. The monoisotopic (exact) mass is 551 g/mol. The van der Waals surface area contributed by atoms with Crippen molar-refractivity contribution >= 4 is 44.4 Å². The van der Waals surface area contributed by atoms with E-state index in [1.165, 1.54) is 0 Å². The third-order valence-corrected chi connectivity index (χ3v) is 7.05. The summed E-state index contributed by atoms with van der Waals surface area (Å²) in [7, 11) is 0. The second kappa shape index (κ2) is 9.88. The fraction of sp³-hybridized carbons (Fsp3) is 0.214. The van der Waals surface area contributed by atoms with Crippen molar-refractivity contribution in [1.29, 1.82) is 0 Å². The van der Waals surface area contributed by atoms with Gasteiger partial charge in [-0.3, -0.25) is 9.59 Å². The van der Waals surface area contributed by atoms with E-state index in [1.807, 2.05) is 42.5 Å². The van der Waals surface area contributed by atoms with Gasteiger partial charge in [-0.1, -0.05) is 71.2 Å². The summed E-state index contributed by atoms with van der Waals surface area (Å²) >= 11 is 9.86. The van der Waals surface area contributed by atoms with Crippen LogP contribution in [-0.2, 0) is 6.54 Å². The number of carbonyl (C=O) groups excluding carboxylic acids is 1. The standard InChI is InChI=1S/C28H23BrClNO4/c1-2-3-14-34-20-11-8-17(9-12-20)25-24-26(32)21-15-19(29)10-13-23(21)35-27(24)28(33)31(25)16-18-6-4-5-7-22(18)30/h4-13,15,25H,2-3,14,16H2,1H3. The Hall–Kier alpha value is -3.09. The Morgan fingerprint density at radius 2 is 1.83 bits per heavy atom. The molecule has 1 aliphatic rings. The van der Waals surface area contributed by atoms with E-state index in [0.29, 0.717) is 28.2 Å². The summed E-state index contributed by atoms with van der Waals surface area (Å²) in [5.74, 6) is 0.485. The Bertz CT molecular complexity index is 1460. The van der Waals surface area contributed by atoms with Gasteiger partial charge in [-0.2, -0.15) is 0 Å². The summed E-state index contributed by atoms with van der Waals surface area (Å²) in [6.07, 6.45) is 2.03. The summed E-state index contributed by atoms with van der Waals surface area (Å²) in [4.78, 5) is 29.0. The van der Waals surface area contributed by atoms with Gasteiger partial charge in [0.2, 0.25) is 5.76 Å². The van der Waals surface area contributed by atoms with Gasteiger partial charge in [0.15, 0.2) is 5.43 Å². The van der Waals surface area contributed by atoms with Crippen LogP contribution < -0.4 is 10.2 Å². The van der Waals surface area contributed by atoms with E-state index in [1.54, 1.807) is 29.2 Å². The number of halogens is 2. The zero-order valence-corrected chi connectivity index (χ0v) is 21.4. The van der Waals surface area contributed by atoms with E-state index < -0.39 is 6.04 Å². The largest absolute Gasteiger partial charge is 0.494 e. The third-order valence-electron chi connectivity index (χ3n) is 6.19. The Balaban J connectivity index is 1.63. The highest BCUT2D eigenvalue weighted by molar-refractivity contribution is 9.10. The number of amides is 1. The van der Waals surface area contributed by atoms with Crippen LogP contribution in [0.3, 0.4) is 0 Å². The van der Waals surface area contributed by atoms with Crippen LogP contribution >= 0.6 is 27.5 Å². The van der Waals surface area contributed by atoms with E-state index in [2.05, 4.69) is 22.9 Å². The highest BCUT2D eigenvalue weighted by Crippen LogP contribution is 2.40. The second-order valence-corrected chi connectivity index (χ2v) is 9.84. The van der Waals surface area contributed by atoms with Crippen LogP contribution in [0.5, 0.6) is 5.75 Å². The number of ether oxygens (including phenoxy) is 1. The Labute approximate surface area is 216 Å². The molecule has 5 nitrogen and oxygen atoms in total. The lowest BCUT2D eigenvalue weighted by atomic mass is 9.98. The molecule has 1 unspecified atom stereocenters. The molecule has 0 radical (unpaired) electrons. The smallest absolute Gasteiger partial charge is 0.291 e. The van der Waals surface area contributed by atoms with Gasteiger partial charge in [0.05, 0.1) is 23.6 Å². The topological polar surface area (TPSA) is 59.8 Å². The normalized spacial score (nSPS) is 15.0. The number of carbonyl (C=O) groups is 1. The van der Waals surface area contributed by atoms with Crippen molar-refractivity contribution in [3.63, 3.8) is 0 Å².